The van der Waals surface area contributed by atoms with E-state index < -0.39 is 0 Å². The fraction of sp³-hybridized carbons (Fsp3) is 0.625. The lowest BCUT2D eigenvalue weighted by molar-refractivity contribution is -0.122. The molecule has 0 aromatic carbocycles. The molecule has 0 heterocycles. The van der Waals surface area contributed by atoms with Crippen molar-refractivity contribution in [3.8, 4) is 0 Å². The van der Waals surface area contributed by atoms with Gasteiger partial charge in [-0.2, -0.15) is 0 Å². The molecule has 0 spiro atoms. The maximum atomic E-state index is 10.9. The Morgan fingerprint density at radius 2 is 2.33 bits per heavy atom. The Kier molecular flexibility index (Phi) is 5.12. The van der Waals surface area contributed by atoms with E-state index in [0.29, 0.717) is 0 Å². The first-order valence-corrected chi connectivity index (χ1v) is 3.72. The Morgan fingerprint density at radius 3 is 2.75 bits per heavy atom. The molecule has 12 heavy (non-hydrogen) atoms. The molecular weight excluding hydrogens is 158 g/mol. The van der Waals surface area contributed by atoms with Crippen LogP contribution in [0, 0.1) is 5.92 Å². The summed E-state index contributed by atoms with van der Waals surface area (Å²) in [6, 6.07) is 0. The minimum Gasteiger partial charge on any atom is -0.510 e. The largest absolute Gasteiger partial charge is 0.510 e. The molecule has 0 aliphatic rings. The number of hydrogen-bond donors (Lipinski definition) is 2. The van der Waals surface area contributed by atoms with Crippen molar-refractivity contribution < 1.29 is 14.6 Å². The van der Waals surface area contributed by atoms with Crippen LogP contribution >= 0.6 is 0 Å². The lowest BCUT2D eigenvalue weighted by Gasteiger charge is -2.05. The van der Waals surface area contributed by atoms with Crippen LogP contribution in [-0.4, -0.2) is 31.8 Å². The maximum Gasteiger partial charge on any atom is 0.226 e. The van der Waals surface area contributed by atoms with E-state index in [2.05, 4.69) is 10.1 Å². The molecule has 1 atom stereocenters. The van der Waals surface area contributed by atoms with Gasteiger partial charge in [0.15, 0.2) is 0 Å². The van der Waals surface area contributed by atoms with Crippen LogP contribution in [0.15, 0.2) is 11.8 Å². The van der Waals surface area contributed by atoms with Crippen LogP contribution in [0.4, 0.5) is 0 Å². The van der Waals surface area contributed by atoms with Gasteiger partial charge in [0.25, 0.3) is 0 Å². The third-order valence-electron chi connectivity index (χ3n) is 1.39. The van der Waals surface area contributed by atoms with E-state index in [1.54, 1.807) is 14.0 Å². The molecule has 0 rings (SSSR count). The van der Waals surface area contributed by atoms with Crippen molar-refractivity contribution in [2.45, 2.75) is 6.92 Å². The van der Waals surface area contributed by atoms with Gasteiger partial charge in [0, 0.05) is 14.2 Å². The lowest BCUT2D eigenvalue weighted by atomic mass is 10.1. The number of aliphatic hydroxyl groups excluding tert-OH is 1. The molecule has 0 aliphatic carbocycles. The topological polar surface area (TPSA) is 58.6 Å². The summed E-state index contributed by atoms with van der Waals surface area (Å²) in [4.78, 5) is 10.9. The van der Waals surface area contributed by atoms with Crippen molar-refractivity contribution in [2.24, 2.45) is 5.92 Å². The quantitative estimate of drug-likeness (QED) is 0.607. The molecule has 0 fully saturated rings. The second-order valence-corrected chi connectivity index (χ2v) is 2.49. The highest BCUT2D eigenvalue weighted by atomic mass is 16.5. The zero-order valence-electron chi connectivity index (χ0n) is 7.63. The van der Waals surface area contributed by atoms with Gasteiger partial charge in [-0.05, 0) is 13.0 Å². The summed E-state index contributed by atoms with van der Waals surface area (Å²) in [5.41, 5.74) is 0. The number of ether oxygens (including phenoxy) is 1. The number of carbonyl (C=O) groups is 1. The molecule has 0 unspecified atom stereocenters. The second-order valence-electron chi connectivity index (χ2n) is 2.49. The van der Waals surface area contributed by atoms with Gasteiger partial charge >= 0.3 is 0 Å². The standard InChI is InChI=1S/C8H15NO3/c1-6(8(11)9-2)4-7(10)5-12-3/h4,6,10H,5H2,1-3H3,(H,9,11)/b7-4-/t6-/m0/s1. The Bertz CT molecular complexity index is 177. The summed E-state index contributed by atoms with van der Waals surface area (Å²) in [5, 5.41) is 11.6. The van der Waals surface area contributed by atoms with E-state index in [1.165, 1.54) is 13.2 Å². The van der Waals surface area contributed by atoms with E-state index >= 15 is 0 Å². The molecular formula is C8H15NO3. The highest BCUT2D eigenvalue weighted by molar-refractivity contribution is 5.79. The van der Waals surface area contributed by atoms with Gasteiger partial charge in [-0.3, -0.25) is 4.79 Å². The summed E-state index contributed by atoms with van der Waals surface area (Å²) < 4.78 is 4.67. The normalized spacial score (nSPS) is 14.1. The summed E-state index contributed by atoms with van der Waals surface area (Å²) in [6.45, 7) is 1.84. The number of rotatable bonds is 4. The Morgan fingerprint density at radius 1 is 1.75 bits per heavy atom. The first-order chi connectivity index (χ1) is 5.61. The van der Waals surface area contributed by atoms with Crippen LogP contribution in [0.2, 0.25) is 0 Å². The number of methoxy groups -OCH3 is 1. The average molecular weight is 173 g/mol. The van der Waals surface area contributed by atoms with Gasteiger partial charge in [-0.15, -0.1) is 0 Å². The van der Waals surface area contributed by atoms with Gasteiger partial charge in [-0.25, -0.2) is 0 Å². The van der Waals surface area contributed by atoms with Crippen LogP contribution in [-0.2, 0) is 9.53 Å². The summed E-state index contributed by atoms with van der Waals surface area (Å²) in [5.74, 6) is -0.378. The predicted octanol–water partition coefficient (Wildman–Crippen LogP) is 0.457. The molecule has 1 amide bonds. The zero-order valence-corrected chi connectivity index (χ0v) is 7.63. The number of aliphatic hydroxyl groups is 1. The van der Waals surface area contributed by atoms with Crippen LogP contribution < -0.4 is 5.32 Å². The maximum absolute atomic E-state index is 10.9. The van der Waals surface area contributed by atoms with Crippen LogP contribution in [0.1, 0.15) is 6.92 Å². The predicted molar refractivity (Wildman–Crippen MR) is 45.8 cm³/mol. The number of nitrogens with one attached hydrogen (secondary N) is 1. The first-order valence-electron chi connectivity index (χ1n) is 3.72. The van der Waals surface area contributed by atoms with Gasteiger partial charge in [0.1, 0.15) is 12.4 Å². The van der Waals surface area contributed by atoms with Crippen molar-refractivity contribution in [1.29, 1.82) is 0 Å². The third kappa shape index (κ3) is 3.98. The van der Waals surface area contributed by atoms with Gasteiger partial charge in [0.05, 0.1) is 5.92 Å². The van der Waals surface area contributed by atoms with Crippen molar-refractivity contribution in [3.05, 3.63) is 11.8 Å². The minimum atomic E-state index is -0.329. The number of hydrogen-bond acceptors (Lipinski definition) is 3. The monoisotopic (exact) mass is 173 g/mol. The van der Waals surface area contributed by atoms with E-state index in [0.717, 1.165) is 0 Å². The summed E-state index contributed by atoms with van der Waals surface area (Å²) in [7, 11) is 3.04. The van der Waals surface area contributed by atoms with E-state index in [4.69, 9.17) is 5.11 Å². The third-order valence-corrected chi connectivity index (χ3v) is 1.39. The van der Waals surface area contributed by atoms with Gasteiger partial charge < -0.3 is 15.2 Å². The van der Waals surface area contributed by atoms with Crippen molar-refractivity contribution in [1.82, 2.24) is 5.32 Å². The second kappa shape index (κ2) is 5.60. The minimum absolute atomic E-state index is 0.0774. The van der Waals surface area contributed by atoms with Crippen LogP contribution in [0.3, 0.4) is 0 Å². The van der Waals surface area contributed by atoms with Crippen LogP contribution in [0.5, 0.6) is 0 Å². The highest BCUT2D eigenvalue weighted by Crippen LogP contribution is 2.00. The van der Waals surface area contributed by atoms with E-state index in [1.807, 2.05) is 0 Å². The molecule has 2 N–H and O–H groups in total. The first kappa shape index (κ1) is 11.0. The lowest BCUT2D eigenvalue weighted by Crippen LogP contribution is -2.24. The summed E-state index contributed by atoms with van der Waals surface area (Å²) >= 11 is 0. The average Bonchev–Trinajstić information content (AvgIpc) is 2.03. The Labute approximate surface area is 72.2 Å². The summed E-state index contributed by atoms with van der Waals surface area (Å²) in [6.07, 6.45) is 1.46. The van der Waals surface area contributed by atoms with E-state index in [-0.39, 0.29) is 24.2 Å². The molecule has 4 nitrogen and oxygen atoms in total. The molecule has 0 saturated carbocycles. The smallest absolute Gasteiger partial charge is 0.226 e. The molecule has 70 valence electrons. The van der Waals surface area contributed by atoms with E-state index in [9.17, 15) is 4.79 Å². The van der Waals surface area contributed by atoms with Crippen LogP contribution in [0.25, 0.3) is 0 Å². The van der Waals surface area contributed by atoms with Gasteiger partial charge in [-0.1, -0.05) is 0 Å². The Balaban J connectivity index is 4.03. The molecule has 0 saturated heterocycles. The number of carbonyl (C=O) groups excluding carboxylic acids is 1. The molecule has 0 bridgehead atoms. The highest BCUT2D eigenvalue weighted by Gasteiger charge is 2.08. The molecule has 0 radical (unpaired) electrons. The molecule has 0 aromatic heterocycles. The molecule has 0 aromatic rings. The molecule has 4 heteroatoms. The van der Waals surface area contributed by atoms with Crippen molar-refractivity contribution >= 4 is 5.91 Å². The van der Waals surface area contributed by atoms with Crippen molar-refractivity contribution in [2.75, 3.05) is 20.8 Å². The van der Waals surface area contributed by atoms with Crippen molar-refractivity contribution in [3.63, 3.8) is 0 Å². The number of amides is 1. The fourth-order valence-electron chi connectivity index (χ4n) is 0.788. The molecule has 0 aliphatic heterocycles. The SMILES string of the molecule is CNC(=O)[C@@H](C)/C=C(\O)COC. The zero-order chi connectivity index (χ0) is 9.56. The van der Waals surface area contributed by atoms with Gasteiger partial charge in [0.2, 0.25) is 5.91 Å². The Hall–Kier alpha value is -1.03. The fourth-order valence-corrected chi connectivity index (χ4v) is 0.788.